The number of rotatable bonds is 2. The summed E-state index contributed by atoms with van der Waals surface area (Å²) >= 11 is 2.72. The molecule has 0 saturated heterocycles. The standard InChI is InChI=1S/C10H6BrF6NO2/c1-18(8(19)9(12,13)14)5-2-3-7(6(11)4-5)20-10(15,16)17/h2-4H,1H3. The molecular weight excluding hydrogens is 360 g/mol. The summed E-state index contributed by atoms with van der Waals surface area (Å²) in [6.45, 7) is 0. The Morgan fingerprint density at radius 2 is 1.75 bits per heavy atom. The molecular formula is C10H6BrF6NO2. The lowest BCUT2D eigenvalue weighted by molar-refractivity contribution is -0.274. The number of hydrogen-bond donors (Lipinski definition) is 0. The molecule has 0 N–H and O–H groups in total. The number of halogens is 7. The zero-order valence-electron chi connectivity index (χ0n) is 9.64. The van der Waals surface area contributed by atoms with Crippen LogP contribution in [0.5, 0.6) is 5.75 Å². The summed E-state index contributed by atoms with van der Waals surface area (Å²) in [5.74, 6) is -2.78. The first-order valence-corrected chi connectivity index (χ1v) is 5.61. The van der Waals surface area contributed by atoms with Gasteiger partial charge in [-0.25, -0.2) is 0 Å². The minimum absolute atomic E-state index is 0.242. The van der Waals surface area contributed by atoms with Gasteiger partial charge in [0.1, 0.15) is 5.75 Å². The molecule has 0 bridgehead atoms. The topological polar surface area (TPSA) is 29.5 Å². The molecule has 0 spiro atoms. The highest BCUT2D eigenvalue weighted by Gasteiger charge is 2.41. The van der Waals surface area contributed by atoms with Crippen molar-refractivity contribution in [1.29, 1.82) is 0 Å². The van der Waals surface area contributed by atoms with Crippen molar-refractivity contribution in [2.75, 3.05) is 11.9 Å². The summed E-state index contributed by atoms with van der Waals surface area (Å²) < 4.78 is 76.0. The van der Waals surface area contributed by atoms with Gasteiger partial charge in [-0.2, -0.15) is 13.2 Å². The maximum Gasteiger partial charge on any atom is 0.573 e. The van der Waals surface area contributed by atoms with Crippen molar-refractivity contribution in [1.82, 2.24) is 0 Å². The Morgan fingerprint density at radius 3 is 2.15 bits per heavy atom. The lowest BCUT2D eigenvalue weighted by Gasteiger charge is -2.20. The van der Waals surface area contributed by atoms with Gasteiger partial charge in [0.25, 0.3) is 0 Å². The van der Waals surface area contributed by atoms with Crippen LogP contribution in [0.2, 0.25) is 0 Å². The van der Waals surface area contributed by atoms with Gasteiger partial charge >= 0.3 is 18.4 Å². The molecule has 0 aliphatic rings. The predicted octanol–water partition coefficient (Wildman–Crippen LogP) is 3.87. The fraction of sp³-hybridized carbons (Fsp3) is 0.300. The molecule has 0 aliphatic heterocycles. The molecule has 1 aromatic carbocycles. The zero-order chi connectivity index (χ0) is 15.7. The van der Waals surface area contributed by atoms with E-state index in [-0.39, 0.29) is 15.1 Å². The molecule has 0 radical (unpaired) electrons. The van der Waals surface area contributed by atoms with E-state index in [2.05, 4.69) is 20.7 Å². The molecule has 112 valence electrons. The van der Waals surface area contributed by atoms with E-state index in [0.29, 0.717) is 0 Å². The Morgan fingerprint density at radius 1 is 1.20 bits per heavy atom. The van der Waals surface area contributed by atoms with E-state index in [1.54, 1.807) is 0 Å². The van der Waals surface area contributed by atoms with Crippen LogP contribution in [0.4, 0.5) is 32.0 Å². The van der Waals surface area contributed by atoms with Gasteiger partial charge in [0, 0.05) is 12.7 Å². The van der Waals surface area contributed by atoms with E-state index >= 15 is 0 Å². The van der Waals surface area contributed by atoms with Crippen LogP contribution in [0.1, 0.15) is 0 Å². The summed E-state index contributed by atoms with van der Waals surface area (Å²) in [6.07, 6.45) is -10.0. The minimum Gasteiger partial charge on any atom is -0.405 e. The van der Waals surface area contributed by atoms with Crippen LogP contribution < -0.4 is 9.64 Å². The van der Waals surface area contributed by atoms with E-state index in [9.17, 15) is 31.1 Å². The molecule has 0 aromatic heterocycles. The molecule has 0 aliphatic carbocycles. The Bertz CT molecular complexity index is 513. The Balaban J connectivity index is 3.01. The normalized spacial score (nSPS) is 12.2. The second-order valence-corrected chi connectivity index (χ2v) is 4.38. The van der Waals surface area contributed by atoms with Gasteiger partial charge in [0.2, 0.25) is 0 Å². The second kappa shape index (κ2) is 5.51. The van der Waals surface area contributed by atoms with Crippen LogP contribution in [0, 0.1) is 0 Å². The third kappa shape index (κ3) is 4.29. The number of amides is 1. The van der Waals surface area contributed by atoms with Gasteiger partial charge in [-0.3, -0.25) is 4.79 Å². The lowest BCUT2D eigenvalue weighted by atomic mass is 10.2. The van der Waals surface area contributed by atoms with Crippen molar-refractivity contribution >= 4 is 27.5 Å². The lowest BCUT2D eigenvalue weighted by Crippen LogP contribution is -2.38. The Labute approximate surface area is 117 Å². The highest BCUT2D eigenvalue weighted by Crippen LogP contribution is 2.34. The van der Waals surface area contributed by atoms with Crippen molar-refractivity contribution in [2.45, 2.75) is 12.5 Å². The first kappa shape index (κ1) is 16.6. The molecule has 0 fully saturated rings. The highest BCUT2D eigenvalue weighted by molar-refractivity contribution is 9.10. The van der Waals surface area contributed by atoms with Gasteiger partial charge in [-0.15, -0.1) is 13.2 Å². The molecule has 0 unspecified atom stereocenters. The number of carbonyl (C=O) groups is 1. The third-order valence-corrected chi connectivity index (χ3v) is 2.70. The van der Waals surface area contributed by atoms with E-state index in [4.69, 9.17) is 0 Å². The van der Waals surface area contributed by atoms with Crippen LogP contribution >= 0.6 is 15.9 Å². The molecule has 1 amide bonds. The van der Waals surface area contributed by atoms with Gasteiger partial charge in [0.05, 0.1) is 4.47 Å². The number of hydrogen-bond acceptors (Lipinski definition) is 2. The van der Waals surface area contributed by atoms with Crippen molar-refractivity contribution in [3.05, 3.63) is 22.7 Å². The number of anilines is 1. The summed E-state index contributed by atoms with van der Waals surface area (Å²) in [7, 11) is 0.849. The highest BCUT2D eigenvalue weighted by atomic mass is 79.9. The van der Waals surface area contributed by atoms with Gasteiger partial charge < -0.3 is 9.64 Å². The average Bonchev–Trinajstić information content (AvgIpc) is 2.27. The summed E-state index contributed by atoms with van der Waals surface area (Å²) in [5.41, 5.74) is -0.242. The van der Waals surface area contributed by atoms with Crippen molar-refractivity contribution in [3.63, 3.8) is 0 Å². The molecule has 0 saturated carbocycles. The number of carbonyl (C=O) groups excluding carboxylic acids is 1. The van der Waals surface area contributed by atoms with E-state index in [1.807, 2.05) is 0 Å². The number of alkyl halides is 6. The Hall–Kier alpha value is -1.45. The maximum atomic E-state index is 12.2. The van der Waals surface area contributed by atoms with E-state index in [0.717, 1.165) is 25.2 Å². The maximum absolute atomic E-state index is 12.2. The largest absolute Gasteiger partial charge is 0.573 e. The van der Waals surface area contributed by atoms with Crippen molar-refractivity contribution in [2.24, 2.45) is 0 Å². The second-order valence-electron chi connectivity index (χ2n) is 3.52. The quantitative estimate of drug-likeness (QED) is 0.744. The molecule has 20 heavy (non-hydrogen) atoms. The number of nitrogens with zero attached hydrogens (tertiary/aromatic N) is 1. The first-order valence-electron chi connectivity index (χ1n) is 4.82. The van der Waals surface area contributed by atoms with Gasteiger partial charge in [-0.1, -0.05) is 0 Å². The molecule has 0 heterocycles. The van der Waals surface area contributed by atoms with Crippen molar-refractivity contribution < 1.29 is 35.9 Å². The number of benzene rings is 1. The fourth-order valence-corrected chi connectivity index (χ4v) is 1.66. The fourth-order valence-electron chi connectivity index (χ4n) is 1.21. The molecule has 1 aromatic rings. The predicted molar refractivity (Wildman–Crippen MR) is 60.3 cm³/mol. The molecule has 0 atom stereocenters. The first-order chi connectivity index (χ1) is 8.92. The smallest absolute Gasteiger partial charge is 0.405 e. The average molecular weight is 366 g/mol. The van der Waals surface area contributed by atoms with Crippen LogP contribution in [0.25, 0.3) is 0 Å². The van der Waals surface area contributed by atoms with Crippen LogP contribution in [-0.4, -0.2) is 25.5 Å². The Kier molecular flexibility index (Phi) is 4.57. The SMILES string of the molecule is CN(C(=O)C(F)(F)F)c1ccc(OC(F)(F)F)c(Br)c1. The minimum atomic E-state index is -5.08. The van der Waals surface area contributed by atoms with Crippen LogP contribution in [0.15, 0.2) is 22.7 Å². The molecule has 1 rings (SSSR count). The van der Waals surface area contributed by atoms with Gasteiger partial charge in [0.15, 0.2) is 0 Å². The summed E-state index contributed by atoms with van der Waals surface area (Å²) in [6, 6.07) is 2.60. The van der Waals surface area contributed by atoms with Gasteiger partial charge in [-0.05, 0) is 34.1 Å². The van der Waals surface area contributed by atoms with Crippen LogP contribution in [0.3, 0.4) is 0 Å². The van der Waals surface area contributed by atoms with E-state index in [1.165, 1.54) is 0 Å². The zero-order valence-corrected chi connectivity index (χ0v) is 11.2. The molecule has 3 nitrogen and oxygen atoms in total. The summed E-state index contributed by atoms with van der Waals surface area (Å²) in [4.78, 5) is 11.2. The van der Waals surface area contributed by atoms with E-state index < -0.39 is 24.2 Å². The van der Waals surface area contributed by atoms with Crippen molar-refractivity contribution in [3.8, 4) is 5.75 Å². The number of ether oxygens (including phenoxy) is 1. The monoisotopic (exact) mass is 365 g/mol. The molecule has 10 heteroatoms. The van der Waals surface area contributed by atoms with Crippen LogP contribution in [-0.2, 0) is 4.79 Å². The summed E-state index contributed by atoms with van der Waals surface area (Å²) in [5, 5.41) is 0. The third-order valence-electron chi connectivity index (χ3n) is 2.08.